The van der Waals surface area contributed by atoms with Gasteiger partial charge in [0.25, 0.3) is 11.8 Å². The normalized spacial score (nSPS) is 15.6. The van der Waals surface area contributed by atoms with E-state index in [1.807, 2.05) is 13.0 Å². The molecule has 2 N–H and O–H groups in total. The van der Waals surface area contributed by atoms with Gasteiger partial charge in [0, 0.05) is 5.56 Å². The summed E-state index contributed by atoms with van der Waals surface area (Å²) in [5.74, 6) is 1.41. The second-order valence-corrected chi connectivity index (χ2v) is 5.86. The van der Waals surface area contributed by atoms with Crippen LogP contribution in [0.5, 0.6) is 17.2 Å². The Kier molecular flexibility index (Phi) is 3.68. The maximum Gasteiger partial charge on any atom is 0.262 e. The number of anilines is 1. The summed E-state index contributed by atoms with van der Waals surface area (Å²) in [6, 6.07) is 10.3. The van der Waals surface area contributed by atoms with Crippen molar-refractivity contribution in [1.82, 2.24) is 5.32 Å². The highest BCUT2D eigenvalue weighted by molar-refractivity contribution is 5.96. The fourth-order valence-corrected chi connectivity index (χ4v) is 2.77. The summed E-state index contributed by atoms with van der Waals surface area (Å²) in [5, 5.41) is 5.69. The minimum absolute atomic E-state index is 0.0166. The number of carbonyl (C=O) groups excluding carboxylic acids is 2. The van der Waals surface area contributed by atoms with Crippen LogP contribution in [0.1, 0.15) is 28.9 Å². The van der Waals surface area contributed by atoms with Gasteiger partial charge in [-0.05, 0) is 42.8 Å². The lowest BCUT2D eigenvalue weighted by Gasteiger charge is -2.21. The average molecular weight is 340 g/mol. The quantitative estimate of drug-likeness (QED) is 0.895. The molecule has 0 radical (unpaired) electrons. The number of rotatable bonds is 3. The van der Waals surface area contributed by atoms with E-state index in [9.17, 15) is 9.59 Å². The molecule has 7 nitrogen and oxygen atoms in total. The first kappa shape index (κ1) is 15.3. The van der Waals surface area contributed by atoms with E-state index in [0.29, 0.717) is 28.5 Å². The molecule has 0 aliphatic carbocycles. The molecule has 2 heterocycles. The Labute approximate surface area is 143 Å². The lowest BCUT2D eigenvalue weighted by molar-refractivity contribution is -0.118. The zero-order chi connectivity index (χ0) is 17.4. The van der Waals surface area contributed by atoms with Crippen LogP contribution in [0, 0.1) is 0 Å². The predicted molar refractivity (Wildman–Crippen MR) is 89.0 cm³/mol. The number of hydrogen-bond acceptors (Lipinski definition) is 5. The molecule has 0 spiro atoms. The summed E-state index contributed by atoms with van der Waals surface area (Å²) in [6.07, 6.45) is 0. The monoisotopic (exact) mass is 340 g/mol. The van der Waals surface area contributed by atoms with Gasteiger partial charge < -0.3 is 24.8 Å². The van der Waals surface area contributed by atoms with Gasteiger partial charge in [-0.15, -0.1) is 0 Å². The summed E-state index contributed by atoms with van der Waals surface area (Å²) in [5.41, 5.74) is 1.96. The lowest BCUT2D eigenvalue weighted by atomic mass is 10.1. The number of carbonyl (C=O) groups is 2. The number of benzene rings is 2. The van der Waals surface area contributed by atoms with Crippen molar-refractivity contribution in [3.05, 3.63) is 47.5 Å². The summed E-state index contributed by atoms with van der Waals surface area (Å²) in [6.45, 7) is 2.06. The molecule has 0 saturated heterocycles. The van der Waals surface area contributed by atoms with E-state index in [2.05, 4.69) is 10.6 Å². The van der Waals surface area contributed by atoms with Crippen molar-refractivity contribution in [3.63, 3.8) is 0 Å². The Hall–Kier alpha value is -3.22. The molecule has 4 rings (SSSR count). The fraction of sp³-hybridized carbons (Fsp3) is 0.222. The van der Waals surface area contributed by atoms with E-state index in [1.165, 1.54) is 0 Å². The van der Waals surface area contributed by atoms with Crippen LogP contribution in [-0.2, 0) is 4.79 Å². The van der Waals surface area contributed by atoms with Crippen LogP contribution >= 0.6 is 0 Å². The molecule has 1 atom stereocenters. The van der Waals surface area contributed by atoms with Crippen LogP contribution in [0.25, 0.3) is 0 Å². The summed E-state index contributed by atoms with van der Waals surface area (Å²) < 4.78 is 15.9. The van der Waals surface area contributed by atoms with Gasteiger partial charge in [0.1, 0.15) is 5.75 Å². The van der Waals surface area contributed by atoms with E-state index in [-0.39, 0.29) is 31.3 Å². The first-order valence-electron chi connectivity index (χ1n) is 7.87. The molecule has 0 bridgehead atoms. The van der Waals surface area contributed by atoms with E-state index in [1.54, 1.807) is 30.3 Å². The average Bonchev–Trinajstić information content (AvgIpc) is 3.08. The molecule has 25 heavy (non-hydrogen) atoms. The highest BCUT2D eigenvalue weighted by Crippen LogP contribution is 2.33. The molecule has 2 aliphatic heterocycles. The van der Waals surface area contributed by atoms with Gasteiger partial charge in [-0.3, -0.25) is 9.59 Å². The summed E-state index contributed by atoms with van der Waals surface area (Å²) >= 11 is 0. The van der Waals surface area contributed by atoms with Crippen LogP contribution in [0.4, 0.5) is 5.69 Å². The SMILES string of the molecule is C[C@@H](NC(=O)c1ccc2c(c1)OCO2)c1ccc2c(c1)NC(=O)CO2. The lowest BCUT2D eigenvalue weighted by Crippen LogP contribution is -2.28. The van der Waals surface area contributed by atoms with Crippen molar-refractivity contribution in [2.24, 2.45) is 0 Å². The molecule has 0 unspecified atom stereocenters. The number of hydrogen-bond donors (Lipinski definition) is 2. The van der Waals surface area contributed by atoms with E-state index >= 15 is 0 Å². The number of nitrogens with one attached hydrogen (secondary N) is 2. The van der Waals surface area contributed by atoms with Gasteiger partial charge in [-0.25, -0.2) is 0 Å². The standard InChI is InChI=1S/C18H16N2O5/c1-10(11-2-4-14-13(6-11)20-17(21)8-23-14)19-18(22)12-3-5-15-16(7-12)25-9-24-15/h2-7,10H,8-9H2,1H3,(H,19,22)(H,20,21)/t10-/m1/s1. The molecule has 0 aromatic heterocycles. The van der Waals surface area contributed by atoms with Crippen molar-refractivity contribution in [2.45, 2.75) is 13.0 Å². The van der Waals surface area contributed by atoms with E-state index < -0.39 is 0 Å². The second-order valence-electron chi connectivity index (χ2n) is 5.86. The molecule has 2 aromatic carbocycles. The van der Waals surface area contributed by atoms with Crippen LogP contribution < -0.4 is 24.8 Å². The molecule has 0 fully saturated rings. The van der Waals surface area contributed by atoms with Crippen LogP contribution in [0.2, 0.25) is 0 Å². The van der Waals surface area contributed by atoms with Gasteiger partial charge in [0.2, 0.25) is 6.79 Å². The molecule has 0 saturated carbocycles. The van der Waals surface area contributed by atoms with Gasteiger partial charge in [0.05, 0.1) is 11.7 Å². The van der Waals surface area contributed by atoms with Gasteiger partial charge in [-0.1, -0.05) is 6.07 Å². The largest absolute Gasteiger partial charge is 0.482 e. The van der Waals surface area contributed by atoms with Gasteiger partial charge >= 0.3 is 0 Å². The molecule has 2 aromatic rings. The maximum atomic E-state index is 12.5. The summed E-state index contributed by atoms with van der Waals surface area (Å²) in [7, 11) is 0. The minimum Gasteiger partial charge on any atom is -0.482 e. The zero-order valence-electron chi connectivity index (χ0n) is 13.5. The van der Waals surface area contributed by atoms with Crippen molar-refractivity contribution < 1.29 is 23.8 Å². The van der Waals surface area contributed by atoms with Gasteiger partial charge in [-0.2, -0.15) is 0 Å². The van der Waals surface area contributed by atoms with Crippen molar-refractivity contribution in [1.29, 1.82) is 0 Å². The number of ether oxygens (including phenoxy) is 3. The Morgan fingerprint density at radius 1 is 1.08 bits per heavy atom. The number of amides is 2. The molecule has 128 valence electrons. The number of fused-ring (bicyclic) bond motifs is 2. The Morgan fingerprint density at radius 3 is 2.76 bits per heavy atom. The highest BCUT2D eigenvalue weighted by Gasteiger charge is 2.20. The third-order valence-electron chi connectivity index (χ3n) is 4.12. The van der Waals surface area contributed by atoms with E-state index in [4.69, 9.17) is 14.2 Å². The third kappa shape index (κ3) is 2.96. The van der Waals surface area contributed by atoms with Crippen molar-refractivity contribution in [3.8, 4) is 17.2 Å². The molecular formula is C18H16N2O5. The fourth-order valence-electron chi connectivity index (χ4n) is 2.77. The smallest absolute Gasteiger partial charge is 0.262 e. The van der Waals surface area contributed by atoms with Gasteiger partial charge in [0.15, 0.2) is 18.1 Å². The Morgan fingerprint density at radius 2 is 1.88 bits per heavy atom. The maximum absolute atomic E-state index is 12.5. The highest BCUT2D eigenvalue weighted by atomic mass is 16.7. The van der Waals surface area contributed by atoms with Crippen LogP contribution in [-0.4, -0.2) is 25.2 Å². The van der Waals surface area contributed by atoms with Crippen LogP contribution in [0.15, 0.2) is 36.4 Å². The first-order chi connectivity index (χ1) is 12.1. The second kappa shape index (κ2) is 6.01. The Bertz CT molecular complexity index is 865. The topological polar surface area (TPSA) is 85.9 Å². The molecule has 2 aliphatic rings. The van der Waals surface area contributed by atoms with Crippen molar-refractivity contribution >= 4 is 17.5 Å². The zero-order valence-corrected chi connectivity index (χ0v) is 13.5. The Balaban J connectivity index is 1.50. The van der Waals surface area contributed by atoms with E-state index in [0.717, 1.165) is 5.56 Å². The third-order valence-corrected chi connectivity index (χ3v) is 4.12. The molecule has 7 heteroatoms. The predicted octanol–water partition coefficient (Wildman–Crippen LogP) is 2.24. The first-order valence-corrected chi connectivity index (χ1v) is 7.87. The van der Waals surface area contributed by atoms with Crippen molar-refractivity contribution in [2.75, 3.05) is 18.7 Å². The van der Waals surface area contributed by atoms with Crippen LogP contribution in [0.3, 0.4) is 0 Å². The minimum atomic E-state index is -0.248. The molecular weight excluding hydrogens is 324 g/mol. The summed E-state index contributed by atoms with van der Waals surface area (Å²) in [4.78, 5) is 23.9. The molecule has 2 amide bonds.